The Balaban J connectivity index is 1.95. The molecule has 1 aromatic heterocycles. The Labute approximate surface area is 127 Å². The molecule has 0 N–H and O–H groups in total. The highest BCUT2D eigenvalue weighted by atomic mass is 16.6. The SMILES string of the molecule is CCC(=O)OC(C)(C)[C@@H]1Cc2c(ccc3ccc(=O)oc23)O1. The number of fused-ring (bicyclic) bond motifs is 3. The van der Waals surface area contributed by atoms with Gasteiger partial charge in [-0.3, -0.25) is 4.79 Å². The first kappa shape index (κ1) is 14.6. The van der Waals surface area contributed by atoms with Crippen molar-refractivity contribution in [1.82, 2.24) is 0 Å². The highest BCUT2D eigenvalue weighted by molar-refractivity contribution is 5.82. The maximum Gasteiger partial charge on any atom is 0.336 e. The van der Waals surface area contributed by atoms with Crippen molar-refractivity contribution in [2.24, 2.45) is 0 Å². The second-order valence-corrected chi connectivity index (χ2v) is 5.96. The summed E-state index contributed by atoms with van der Waals surface area (Å²) in [6.45, 7) is 5.41. The number of benzene rings is 1. The fraction of sp³-hybridized carbons (Fsp3) is 0.412. The highest BCUT2D eigenvalue weighted by Crippen LogP contribution is 2.38. The Hall–Kier alpha value is -2.30. The molecule has 0 amide bonds. The van der Waals surface area contributed by atoms with E-state index in [-0.39, 0.29) is 17.7 Å². The van der Waals surface area contributed by atoms with Crippen LogP contribution in [0.2, 0.25) is 0 Å². The van der Waals surface area contributed by atoms with E-state index in [1.54, 1.807) is 13.0 Å². The van der Waals surface area contributed by atoms with E-state index in [9.17, 15) is 9.59 Å². The van der Waals surface area contributed by atoms with E-state index in [2.05, 4.69) is 0 Å². The minimum absolute atomic E-state index is 0.263. The summed E-state index contributed by atoms with van der Waals surface area (Å²) < 4.78 is 16.7. The van der Waals surface area contributed by atoms with Gasteiger partial charge >= 0.3 is 11.6 Å². The summed E-state index contributed by atoms with van der Waals surface area (Å²) in [5.41, 5.74) is 0.250. The lowest BCUT2D eigenvalue weighted by molar-refractivity contribution is -0.164. The van der Waals surface area contributed by atoms with Crippen LogP contribution in [-0.4, -0.2) is 17.7 Å². The Bertz CT molecular complexity index is 787. The topological polar surface area (TPSA) is 65.7 Å². The molecule has 5 heteroatoms. The molecule has 3 rings (SSSR count). The summed E-state index contributed by atoms with van der Waals surface area (Å²) in [7, 11) is 0. The standard InChI is InChI=1S/C17H18O5/c1-4-14(18)22-17(2,3)13-9-11-12(20-13)7-5-10-6-8-15(19)21-16(10)11/h5-8,13H,4,9H2,1-3H3/t13-/m0/s1. The molecule has 2 heterocycles. The summed E-state index contributed by atoms with van der Waals surface area (Å²) in [5.74, 6) is 0.411. The van der Waals surface area contributed by atoms with E-state index in [1.807, 2.05) is 26.0 Å². The smallest absolute Gasteiger partial charge is 0.336 e. The number of hydrogen-bond acceptors (Lipinski definition) is 5. The number of esters is 1. The molecule has 1 atom stereocenters. The van der Waals surface area contributed by atoms with E-state index >= 15 is 0 Å². The van der Waals surface area contributed by atoms with E-state index in [0.29, 0.717) is 24.2 Å². The van der Waals surface area contributed by atoms with Crippen LogP contribution >= 0.6 is 0 Å². The van der Waals surface area contributed by atoms with Crippen molar-refractivity contribution >= 4 is 16.9 Å². The van der Waals surface area contributed by atoms with Crippen LogP contribution < -0.4 is 10.4 Å². The van der Waals surface area contributed by atoms with Crippen LogP contribution in [0.15, 0.2) is 33.5 Å². The normalized spacial score (nSPS) is 17.1. The molecule has 0 spiro atoms. The van der Waals surface area contributed by atoms with Gasteiger partial charge in [0.2, 0.25) is 0 Å². The third-order valence-electron chi connectivity index (χ3n) is 3.95. The van der Waals surface area contributed by atoms with Crippen molar-refractivity contribution in [2.75, 3.05) is 0 Å². The molecule has 2 aromatic rings. The molecule has 1 aliphatic heterocycles. The third-order valence-corrected chi connectivity index (χ3v) is 3.95. The molecular weight excluding hydrogens is 284 g/mol. The maximum absolute atomic E-state index is 11.6. The molecule has 5 nitrogen and oxygen atoms in total. The zero-order valence-electron chi connectivity index (χ0n) is 12.8. The Morgan fingerprint density at radius 3 is 2.77 bits per heavy atom. The molecule has 22 heavy (non-hydrogen) atoms. The highest BCUT2D eigenvalue weighted by Gasteiger charge is 2.40. The van der Waals surface area contributed by atoms with Crippen molar-refractivity contribution in [2.45, 2.75) is 45.3 Å². The van der Waals surface area contributed by atoms with Crippen LogP contribution in [0, 0.1) is 0 Å². The monoisotopic (exact) mass is 302 g/mol. The summed E-state index contributed by atoms with van der Waals surface area (Å²) in [6, 6.07) is 6.84. The van der Waals surface area contributed by atoms with Gasteiger partial charge in [-0.15, -0.1) is 0 Å². The lowest BCUT2D eigenvalue weighted by Gasteiger charge is -2.30. The predicted octanol–water partition coefficient (Wildman–Crippen LogP) is 2.83. The van der Waals surface area contributed by atoms with E-state index in [0.717, 1.165) is 10.9 Å². The number of carbonyl (C=O) groups is 1. The van der Waals surface area contributed by atoms with Gasteiger partial charge in [0.15, 0.2) is 0 Å². The molecule has 1 aromatic carbocycles. The average Bonchev–Trinajstić information content (AvgIpc) is 2.92. The Morgan fingerprint density at radius 2 is 2.05 bits per heavy atom. The van der Waals surface area contributed by atoms with Crippen LogP contribution in [0.3, 0.4) is 0 Å². The molecule has 0 saturated carbocycles. The Morgan fingerprint density at radius 1 is 1.32 bits per heavy atom. The zero-order chi connectivity index (χ0) is 15.9. The first-order valence-corrected chi connectivity index (χ1v) is 7.35. The number of ether oxygens (including phenoxy) is 2. The summed E-state index contributed by atoms with van der Waals surface area (Å²) >= 11 is 0. The molecule has 0 fully saturated rings. The lowest BCUT2D eigenvalue weighted by Crippen LogP contribution is -2.43. The van der Waals surface area contributed by atoms with Crippen molar-refractivity contribution in [3.05, 3.63) is 40.2 Å². The van der Waals surface area contributed by atoms with Crippen molar-refractivity contribution < 1.29 is 18.7 Å². The van der Waals surface area contributed by atoms with Crippen LogP contribution in [0.4, 0.5) is 0 Å². The predicted molar refractivity (Wildman–Crippen MR) is 81.1 cm³/mol. The first-order valence-electron chi connectivity index (χ1n) is 7.35. The largest absolute Gasteiger partial charge is 0.485 e. The molecule has 0 unspecified atom stereocenters. The minimum Gasteiger partial charge on any atom is -0.485 e. The number of carbonyl (C=O) groups excluding carboxylic acids is 1. The second-order valence-electron chi connectivity index (χ2n) is 5.96. The summed E-state index contributed by atoms with van der Waals surface area (Å²) in [4.78, 5) is 23.0. The Kier molecular flexibility index (Phi) is 3.43. The van der Waals surface area contributed by atoms with Crippen molar-refractivity contribution in [1.29, 1.82) is 0 Å². The second kappa shape index (κ2) is 5.16. The average molecular weight is 302 g/mol. The van der Waals surface area contributed by atoms with Gasteiger partial charge in [-0.25, -0.2) is 4.79 Å². The number of hydrogen-bond donors (Lipinski definition) is 0. The van der Waals surface area contributed by atoms with Crippen LogP contribution in [-0.2, 0) is 16.0 Å². The van der Waals surface area contributed by atoms with Gasteiger partial charge in [-0.1, -0.05) is 6.92 Å². The quantitative estimate of drug-likeness (QED) is 0.644. The lowest BCUT2D eigenvalue weighted by atomic mass is 9.96. The summed E-state index contributed by atoms with van der Waals surface area (Å²) in [5, 5.41) is 0.853. The van der Waals surface area contributed by atoms with Crippen molar-refractivity contribution in [3.63, 3.8) is 0 Å². The maximum atomic E-state index is 11.6. The van der Waals surface area contributed by atoms with E-state index < -0.39 is 5.60 Å². The summed E-state index contributed by atoms with van der Waals surface area (Å²) in [6.07, 6.45) is 0.541. The first-order chi connectivity index (χ1) is 10.4. The van der Waals surface area contributed by atoms with Gasteiger partial charge in [0.05, 0.1) is 0 Å². The van der Waals surface area contributed by atoms with Crippen LogP contribution in [0.25, 0.3) is 11.0 Å². The van der Waals surface area contributed by atoms with Gasteiger partial charge in [-0.05, 0) is 32.0 Å². The van der Waals surface area contributed by atoms with Crippen LogP contribution in [0.5, 0.6) is 5.75 Å². The minimum atomic E-state index is -0.756. The third kappa shape index (κ3) is 2.47. The van der Waals surface area contributed by atoms with E-state index in [1.165, 1.54) is 6.07 Å². The molecule has 0 bridgehead atoms. The van der Waals surface area contributed by atoms with Gasteiger partial charge < -0.3 is 13.9 Å². The van der Waals surface area contributed by atoms with Crippen molar-refractivity contribution in [3.8, 4) is 5.75 Å². The van der Waals surface area contributed by atoms with Gasteiger partial charge in [0.1, 0.15) is 23.0 Å². The fourth-order valence-electron chi connectivity index (χ4n) is 2.68. The zero-order valence-corrected chi connectivity index (χ0v) is 12.8. The number of rotatable bonds is 3. The molecule has 0 aliphatic carbocycles. The van der Waals surface area contributed by atoms with Gasteiger partial charge in [0.25, 0.3) is 0 Å². The van der Waals surface area contributed by atoms with Crippen LogP contribution in [0.1, 0.15) is 32.8 Å². The van der Waals surface area contributed by atoms with E-state index in [4.69, 9.17) is 13.9 Å². The molecule has 116 valence electrons. The fourth-order valence-corrected chi connectivity index (χ4v) is 2.68. The van der Waals surface area contributed by atoms with Gasteiger partial charge in [-0.2, -0.15) is 0 Å². The molecular formula is C17H18O5. The molecule has 0 saturated heterocycles. The van der Waals surface area contributed by atoms with Gasteiger partial charge in [0, 0.05) is 29.9 Å². The molecule has 1 aliphatic rings. The molecule has 0 radical (unpaired) electrons.